The number of alkyl halides is 3. The van der Waals surface area contributed by atoms with Gasteiger partial charge in [-0.15, -0.1) is 0 Å². The van der Waals surface area contributed by atoms with Crippen molar-refractivity contribution in [3.8, 4) is 11.1 Å². The van der Waals surface area contributed by atoms with E-state index in [2.05, 4.69) is 12.6 Å². The number of ether oxygens (including phenoxy) is 1. The Morgan fingerprint density at radius 3 is 2.44 bits per heavy atom. The zero-order valence-electron chi connectivity index (χ0n) is 13.5. The average molecular weight is 389 g/mol. The van der Waals surface area contributed by atoms with Gasteiger partial charge >= 0.3 is 6.18 Å². The summed E-state index contributed by atoms with van der Waals surface area (Å²) in [6.07, 6.45) is -2.74. The molecule has 0 fully saturated rings. The van der Waals surface area contributed by atoms with Crippen molar-refractivity contribution < 1.29 is 22.7 Å². The van der Waals surface area contributed by atoms with Crippen molar-refractivity contribution >= 4 is 30.5 Å². The fraction of sp³-hybridized carbons (Fsp3) is 0.278. The summed E-state index contributed by atoms with van der Waals surface area (Å²) in [7, 11) is 0. The monoisotopic (exact) mass is 388 g/mol. The molecule has 0 heterocycles. The van der Waals surface area contributed by atoms with Gasteiger partial charge in [0.25, 0.3) is 0 Å². The molecule has 0 N–H and O–H groups in total. The molecule has 0 saturated heterocycles. The second kappa shape index (κ2) is 7.40. The van der Waals surface area contributed by atoms with Crippen LogP contribution < -0.4 is 0 Å². The number of aryl methyl sites for hydroxylation is 1. The number of aldehydes is 1. The Balaban J connectivity index is 0.00000109. The molecule has 7 heteroatoms. The van der Waals surface area contributed by atoms with E-state index in [1.54, 1.807) is 31.4 Å². The number of hydrogen-bond donors (Lipinski definition) is 1. The first-order valence-electron chi connectivity index (χ1n) is 7.32. The van der Waals surface area contributed by atoms with E-state index in [4.69, 9.17) is 16.3 Å². The van der Waals surface area contributed by atoms with E-state index in [1.807, 2.05) is 0 Å². The summed E-state index contributed by atoms with van der Waals surface area (Å²) in [5.41, 5.74) is -1.54. The summed E-state index contributed by atoms with van der Waals surface area (Å²) in [5, 5.41) is 0.230. The van der Waals surface area contributed by atoms with Gasteiger partial charge in [0, 0.05) is 21.7 Å². The van der Waals surface area contributed by atoms with Gasteiger partial charge in [0.2, 0.25) is 5.60 Å². The van der Waals surface area contributed by atoms with Crippen molar-refractivity contribution in [1.82, 2.24) is 0 Å². The van der Waals surface area contributed by atoms with E-state index >= 15 is 0 Å². The van der Waals surface area contributed by atoms with Crippen molar-refractivity contribution in [2.75, 3.05) is 12.9 Å². The molecular formula is C18H16ClF3O2S. The van der Waals surface area contributed by atoms with Crippen LogP contribution in [0.2, 0.25) is 5.02 Å². The van der Waals surface area contributed by atoms with Crippen molar-refractivity contribution in [3.05, 3.63) is 58.1 Å². The van der Waals surface area contributed by atoms with Crippen LogP contribution in [0.4, 0.5) is 13.2 Å². The molecule has 0 spiro atoms. The Labute approximate surface area is 154 Å². The highest BCUT2D eigenvalue weighted by Gasteiger charge is 2.63. The second-order valence-electron chi connectivity index (χ2n) is 5.37. The zero-order valence-corrected chi connectivity index (χ0v) is 15.2. The molecular weight excluding hydrogens is 373 g/mol. The Morgan fingerprint density at radius 2 is 1.84 bits per heavy atom. The van der Waals surface area contributed by atoms with Gasteiger partial charge in [0.1, 0.15) is 12.9 Å². The molecule has 0 bridgehead atoms. The number of halogens is 4. The van der Waals surface area contributed by atoms with Gasteiger partial charge in [0.15, 0.2) is 0 Å². The van der Waals surface area contributed by atoms with E-state index in [1.165, 1.54) is 18.2 Å². The minimum atomic E-state index is -4.74. The maximum absolute atomic E-state index is 14.1. The lowest BCUT2D eigenvalue weighted by Crippen LogP contribution is -2.45. The van der Waals surface area contributed by atoms with Crippen molar-refractivity contribution in [1.29, 1.82) is 0 Å². The van der Waals surface area contributed by atoms with Gasteiger partial charge in [-0.2, -0.15) is 25.8 Å². The highest BCUT2D eigenvalue weighted by Crippen LogP contribution is 2.58. The Kier molecular flexibility index (Phi) is 5.86. The third-order valence-electron chi connectivity index (χ3n) is 3.96. The fourth-order valence-electron chi connectivity index (χ4n) is 3.15. The van der Waals surface area contributed by atoms with E-state index in [0.29, 0.717) is 23.0 Å². The molecule has 1 aliphatic carbocycles. The van der Waals surface area contributed by atoms with Crippen LogP contribution in [0.5, 0.6) is 0 Å². The summed E-state index contributed by atoms with van der Waals surface area (Å²) in [6.45, 7) is 0.995. The number of fused-ring (bicyclic) bond motifs is 3. The largest absolute Gasteiger partial charge is 0.426 e. The Bertz CT molecular complexity index is 792. The predicted molar refractivity (Wildman–Crippen MR) is 95.4 cm³/mol. The molecule has 3 rings (SSSR count). The SMILES string of the molecule is CS.Cc1cc(Cl)c2c(c1)C(OCC=O)(C(F)(F)F)c1ccccc1-2. The van der Waals surface area contributed by atoms with Crippen LogP contribution in [0, 0.1) is 6.92 Å². The highest BCUT2D eigenvalue weighted by atomic mass is 35.5. The molecule has 2 aromatic carbocycles. The van der Waals surface area contributed by atoms with Gasteiger partial charge in [-0.05, 0) is 30.4 Å². The fourth-order valence-corrected chi connectivity index (χ4v) is 3.52. The molecule has 1 unspecified atom stereocenters. The van der Waals surface area contributed by atoms with Crippen LogP contribution in [-0.4, -0.2) is 25.3 Å². The van der Waals surface area contributed by atoms with Gasteiger partial charge in [-0.3, -0.25) is 0 Å². The molecule has 2 nitrogen and oxygen atoms in total. The summed E-state index contributed by atoms with van der Waals surface area (Å²) in [4.78, 5) is 10.7. The predicted octanol–water partition coefficient (Wildman–Crippen LogP) is 5.20. The van der Waals surface area contributed by atoms with Gasteiger partial charge < -0.3 is 9.53 Å². The van der Waals surface area contributed by atoms with Crippen LogP contribution in [0.3, 0.4) is 0 Å². The van der Waals surface area contributed by atoms with Crippen molar-refractivity contribution in [2.24, 2.45) is 0 Å². The Hall–Kier alpha value is -1.50. The Morgan fingerprint density at radius 1 is 1.20 bits per heavy atom. The number of rotatable bonds is 3. The number of carbonyl (C=O) groups is 1. The summed E-state index contributed by atoms with van der Waals surface area (Å²) in [5.74, 6) is 0. The molecule has 134 valence electrons. The van der Waals surface area contributed by atoms with Crippen LogP contribution in [0.1, 0.15) is 16.7 Å². The number of benzene rings is 2. The first kappa shape index (κ1) is 19.8. The third kappa shape index (κ3) is 3.07. The third-order valence-corrected chi connectivity index (χ3v) is 4.25. The van der Waals surface area contributed by atoms with Crippen molar-refractivity contribution in [3.63, 3.8) is 0 Å². The quantitative estimate of drug-likeness (QED) is 0.578. The average Bonchev–Trinajstić information content (AvgIpc) is 2.85. The van der Waals surface area contributed by atoms with Crippen LogP contribution in [-0.2, 0) is 15.1 Å². The maximum Gasteiger partial charge on any atom is 0.426 e. The molecule has 1 atom stereocenters. The first-order valence-corrected chi connectivity index (χ1v) is 8.59. The summed E-state index contributed by atoms with van der Waals surface area (Å²) in [6, 6.07) is 9.12. The van der Waals surface area contributed by atoms with E-state index in [-0.39, 0.29) is 16.1 Å². The lowest BCUT2D eigenvalue weighted by atomic mass is 9.89. The first-order chi connectivity index (χ1) is 11.8. The number of thiol groups is 1. The molecule has 0 amide bonds. The molecule has 0 aliphatic heterocycles. The number of hydrogen-bond acceptors (Lipinski definition) is 3. The highest BCUT2D eigenvalue weighted by molar-refractivity contribution is 7.79. The molecule has 1 aliphatic rings. The van der Waals surface area contributed by atoms with Crippen LogP contribution in [0.15, 0.2) is 36.4 Å². The maximum atomic E-state index is 14.1. The lowest BCUT2D eigenvalue weighted by molar-refractivity contribution is -0.262. The van der Waals surface area contributed by atoms with Crippen LogP contribution in [0.25, 0.3) is 11.1 Å². The topological polar surface area (TPSA) is 26.3 Å². The second-order valence-corrected chi connectivity index (χ2v) is 5.78. The zero-order chi connectivity index (χ0) is 18.8. The minimum absolute atomic E-state index is 0.0446. The molecule has 0 radical (unpaired) electrons. The van der Waals surface area contributed by atoms with E-state index in [0.717, 1.165) is 0 Å². The van der Waals surface area contributed by atoms with E-state index in [9.17, 15) is 18.0 Å². The summed E-state index contributed by atoms with van der Waals surface area (Å²) >= 11 is 9.75. The molecule has 25 heavy (non-hydrogen) atoms. The number of carbonyl (C=O) groups excluding carboxylic acids is 1. The molecule has 0 aromatic heterocycles. The van der Waals surface area contributed by atoms with E-state index < -0.39 is 18.4 Å². The normalized spacial score (nSPS) is 18.0. The standard InChI is InChI=1S/C17H12ClF3O2.CH4S/c1-10-8-13-15(14(18)9-10)11-4-2-3-5-12(11)16(13,17(19,20)21)23-7-6-22;1-2/h2-6,8-9H,7H2,1H3;2H,1H3. The summed E-state index contributed by atoms with van der Waals surface area (Å²) < 4.78 is 47.3. The smallest absolute Gasteiger partial charge is 0.349 e. The lowest BCUT2D eigenvalue weighted by Gasteiger charge is -2.33. The minimum Gasteiger partial charge on any atom is -0.349 e. The van der Waals surface area contributed by atoms with Gasteiger partial charge in [0.05, 0.1) is 0 Å². The molecule has 0 saturated carbocycles. The van der Waals surface area contributed by atoms with Crippen LogP contribution >= 0.6 is 24.2 Å². The van der Waals surface area contributed by atoms with Gasteiger partial charge in [-0.1, -0.05) is 41.9 Å². The van der Waals surface area contributed by atoms with Crippen molar-refractivity contribution in [2.45, 2.75) is 18.7 Å². The van der Waals surface area contributed by atoms with Gasteiger partial charge in [-0.25, -0.2) is 0 Å². The molecule has 2 aromatic rings.